The van der Waals surface area contributed by atoms with Crippen LogP contribution in [0.1, 0.15) is 11.3 Å². The van der Waals surface area contributed by atoms with Crippen molar-refractivity contribution in [2.24, 2.45) is 7.05 Å². The number of anilines is 1. The monoisotopic (exact) mass is 380 g/mol. The number of hydrogen-bond acceptors (Lipinski definition) is 6. The van der Waals surface area contributed by atoms with E-state index in [-0.39, 0.29) is 0 Å². The first-order valence-electron chi connectivity index (χ1n) is 8.47. The van der Waals surface area contributed by atoms with E-state index < -0.39 is 0 Å². The maximum Gasteiger partial charge on any atom is 0.153 e. The largest absolute Gasteiger partial charge is 0.494 e. The molecular weight excluding hydrogens is 360 g/mol. The van der Waals surface area contributed by atoms with Crippen LogP contribution in [0, 0.1) is 13.8 Å². The van der Waals surface area contributed by atoms with Gasteiger partial charge in [0.15, 0.2) is 5.82 Å². The van der Waals surface area contributed by atoms with Crippen molar-refractivity contribution in [3.63, 3.8) is 0 Å². The van der Waals surface area contributed by atoms with Gasteiger partial charge in [-0.1, -0.05) is 0 Å². The number of fused-ring (bicyclic) bond motifs is 1. The molecule has 0 bridgehead atoms. The summed E-state index contributed by atoms with van der Waals surface area (Å²) in [6.07, 6.45) is 5.65. The van der Waals surface area contributed by atoms with Crippen LogP contribution < -0.4 is 9.46 Å². The van der Waals surface area contributed by atoms with Crippen LogP contribution >= 0.6 is 11.9 Å². The predicted octanol–water partition coefficient (Wildman–Crippen LogP) is 3.90. The van der Waals surface area contributed by atoms with E-state index >= 15 is 0 Å². The van der Waals surface area contributed by atoms with E-state index in [1.807, 2.05) is 68.4 Å². The smallest absolute Gasteiger partial charge is 0.153 e. The van der Waals surface area contributed by atoms with Gasteiger partial charge in [0.25, 0.3) is 0 Å². The maximum atomic E-state index is 5.51. The molecule has 3 heterocycles. The topological polar surface area (TPSA) is 69.8 Å². The van der Waals surface area contributed by atoms with Gasteiger partial charge in [0.1, 0.15) is 11.4 Å². The number of nitrogens with one attached hydrogen (secondary N) is 1. The number of hydrogen-bond donors (Lipinski definition) is 1. The minimum atomic E-state index is 0.769. The van der Waals surface area contributed by atoms with Gasteiger partial charge in [0.2, 0.25) is 0 Å². The Kier molecular flexibility index (Phi) is 4.49. The van der Waals surface area contributed by atoms with Gasteiger partial charge in [-0.3, -0.25) is 4.68 Å². The third-order valence-electron chi connectivity index (χ3n) is 4.46. The highest BCUT2D eigenvalue weighted by atomic mass is 32.2. The van der Waals surface area contributed by atoms with E-state index in [4.69, 9.17) is 4.74 Å². The molecule has 4 rings (SSSR count). The van der Waals surface area contributed by atoms with Crippen LogP contribution in [-0.4, -0.2) is 31.7 Å². The summed E-state index contributed by atoms with van der Waals surface area (Å²) >= 11 is 1.48. The number of ether oxygens (including phenoxy) is 1. The third kappa shape index (κ3) is 3.23. The molecule has 0 radical (unpaired) electrons. The highest BCUT2D eigenvalue weighted by Gasteiger charge is 2.13. The molecule has 27 heavy (non-hydrogen) atoms. The van der Waals surface area contributed by atoms with Crippen molar-refractivity contribution in [2.45, 2.75) is 18.7 Å². The lowest BCUT2D eigenvalue weighted by Gasteiger charge is -2.12. The number of aromatic nitrogens is 5. The molecule has 8 heteroatoms. The first-order chi connectivity index (χ1) is 13.1. The highest BCUT2D eigenvalue weighted by molar-refractivity contribution is 8.00. The van der Waals surface area contributed by atoms with Crippen LogP contribution in [0.5, 0.6) is 5.75 Å². The van der Waals surface area contributed by atoms with Crippen LogP contribution in [0.15, 0.2) is 47.8 Å². The van der Waals surface area contributed by atoms with Crippen molar-refractivity contribution in [1.29, 1.82) is 0 Å². The zero-order chi connectivity index (χ0) is 19.0. The van der Waals surface area contributed by atoms with Crippen molar-refractivity contribution in [3.8, 4) is 11.6 Å². The molecule has 4 aromatic rings. The Labute approximate surface area is 161 Å². The van der Waals surface area contributed by atoms with Gasteiger partial charge in [-0.15, -0.1) is 0 Å². The minimum absolute atomic E-state index is 0.769. The van der Waals surface area contributed by atoms with Gasteiger partial charge in [-0.05, 0) is 55.6 Å². The quantitative estimate of drug-likeness (QED) is 0.530. The van der Waals surface area contributed by atoms with Gasteiger partial charge < -0.3 is 9.46 Å². The highest BCUT2D eigenvalue weighted by Crippen LogP contribution is 2.36. The zero-order valence-corrected chi connectivity index (χ0v) is 16.4. The summed E-state index contributed by atoms with van der Waals surface area (Å²) in [7, 11) is 3.58. The molecule has 138 valence electrons. The van der Waals surface area contributed by atoms with Crippen LogP contribution in [-0.2, 0) is 7.05 Å². The molecule has 3 aromatic heterocycles. The maximum absolute atomic E-state index is 5.51. The number of nitrogens with zero attached hydrogens (tertiary/aromatic N) is 5. The van der Waals surface area contributed by atoms with E-state index in [2.05, 4.69) is 19.9 Å². The molecule has 7 nitrogen and oxygen atoms in total. The SMILES string of the molecule is COc1ccc2cnn(C)c2c1NSc1ccc(-n2cc(C)c(C)n2)nc1. The van der Waals surface area contributed by atoms with E-state index in [1.54, 1.807) is 11.8 Å². The third-order valence-corrected chi connectivity index (χ3v) is 5.24. The van der Waals surface area contributed by atoms with Crippen LogP contribution in [0.25, 0.3) is 16.7 Å². The molecule has 1 aromatic carbocycles. The van der Waals surface area contributed by atoms with Crippen molar-refractivity contribution >= 4 is 28.5 Å². The summed E-state index contributed by atoms with van der Waals surface area (Å²) in [6.45, 7) is 4.03. The Morgan fingerprint density at radius 1 is 1.11 bits per heavy atom. The summed E-state index contributed by atoms with van der Waals surface area (Å²) in [5, 5.41) is 9.86. The van der Waals surface area contributed by atoms with E-state index in [0.29, 0.717) is 0 Å². The Hall–Kier alpha value is -3.00. The molecule has 0 saturated heterocycles. The van der Waals surface area contributed by atoms with Crippen molar-refractivity contribution < 1.29 is 4.74 Å². The van der Waals surface area contributed by atoms with Crippen LogP contribution in [0.4, 0.5) is 5.69 Å². The summed E-state index contributed by atoms with van der Waals surface area (Å²) in [5.41, 5.74) is 4.04. The number of pyridine rings is 1. The second-order valence-electron chi connectivity index (χ2n) is 6.25. The predicted molar refractivity (Wildman–Crippen MR) is 108 cm³/mol. The van der Waals surface area contributed by atoms with Crippen molar-refractivity contribution in [3.05, 3.63) is 54.1 Å². The lowest BCUT2D eigenvalue weighted by atomic mass is 10.2. The van der Waals surface area contributed by atoms with Crippen LogP contribution in [0.3, 0.4) is 0 Å². The van der Waals surface area contributed by atoms with Gasteiger partial charge in [-0.25, -0.2) is 9.67 Å². The minimum Gasteiger partial charge on any atom is -0.494 e. The molecule has 0 aliphatic heterocycles. The summed E-state index contributed by atoms with van der Waals surface area (Å²) < 4.78 is 12.5. The Bertz CT molecular complexity index is 1080. The molecule has 0 saturated carbocycles. The number of benzene rings is 1. The summed E-state index contributed by atoms with van der Waals surface area (Å²) in [5.74, 6) is 1.56. The van der Waals surface area contributed by atoms with Crippen LogP contribution in [0.2, 0.25) is 0 Å². The Morgan fingerprint density at radius 3 is 2.63 bits per heavy atom. The molecule has 0 atom stereocenters. The fourth-order valence-corrected chi connectivity index (χ4v) is 3.52. The Morgan fingerprint density at radius 2 is 1.96 bits per heavy atom. The average molecular weight is 380 g/mol. The summed E-state index contributed by atoms with van der Waals surface area (Å²) in [4.78, 5) is 5.51. The van der Waals surface area contributed by atoms with Gasteiger partial charge in [0, 0.05) is 29.7 Å². The fraction of sp³-hybridized carbons (Fsp3) is 0.211. The van der Waals surface area contributed by atoms with Gasteiger partial charge in [0.05, 0.1) is 24.5 Å². The normalized spacial score (nSPS) is 11.1. The molecule has 0 spiro atoms. The van der Waals surface area contributed by atoms with E-state index in [1.165, 1.54) is 11.9 Å². The second kappa shape index (κ2) is 6.96. The van der Waals surface area contributed by atoms with Gasteiger partial charge >= 0.3 is 0 Å². The molecule has 0 aliphatic carbocycles. The first kappa shape index (κ1) is 17.4. The fourth-order valence-electron chi connectivity index (χ4n) is 2.86. The number of rotatable bonds is 5. The summed E-state index contributed by atoms with van der Waals surface area (Å²) in [6, 6.07) is 7.91. The Balaban J connectivity index is 1.57. The van der Waals surface area contributed by atoms with Crippen molar-refractivity contribution in [1.82, 2.24) is 24.5 Å². The molecule has 0 fully saturated rings. The van der Waals surface area contributed by atoms with E-state index in [0.717, 1.165) is 44.3 Å². The first-order valence-corrected chi connectivity index (χ1v) is 9.29. The zero-order valence-electron chi connectivity index (χ0n) is 15.6. The van der Waals surface area contributed by atoms with E-state index in [9.17, 15) is 0 Å². The standard InChI is InChI=1S/C19H20N6OS/c1-12-11-25(22-13(12)2)17-8-6-15(10-20-17)27-23-18-16(26-4)7-5-14-9-21-24(3)19(14)18/h5-11,23H,1-4H3. The molecule has 0 unspecified atom stereocenters. The average Bonchev–Trinajstić information content (AvgIpc) is 3.22. The lowest BCUT2D eigenvalue weighted by Crippen LogP contribution is -1.99. The lowest BCUT2D eigenvalue weighted by molar-refractivity contribution is 0.417. The molecule has 1 N–H and O–H groups in total. The second-order valence-corrected chi connectivity index (χ2v) is 7.13. The van der Waals surface area contributed by atoms with Gasteiger partial charge in [-0.2, -0.15) is 10.2 Å². The molecular formula is C19H20N6OS. The number of methoxy groups -OCH3 is 1. The van der Waals surface area contributed by atoms with Crippen molar-refractivity contribution in [2.75, 3.05) is 11.8 Å². The number of aryl methyl sites for hydroxylation is 3. The molecule has 0 aliphatic rings. The molecule has 0 amide bonds.